The average molecular weight is 272 g/mol. The summed E-state index contributed by atoms with van der Waals surface area (Å²) in [6.07, 6.45) is 0. The molecule has 4 nitrogen and oxygen atoms in total. The maximum atomic E-state index is 6.18. The molecule has 0 aliphatic heterocycles. The van der Waals surface area contributed by atoms with Gasteiger partial charge in [-0.3, -0.25) is 4.68 Å². The Morgan fingerprint density at radius 1 is 1.20 bits per heavy atom. The summed E-state index contributed by atoms with van der Waals surface area (Å²) < 4.78 is 1.84. The van der Waals surface area contributed by atoms with Gasteiger partial charge in [0.25, 0.3) is 0 Å². The third-order valence-corrected chi connectivity index (χ3v) is 3.60. The zero-order chi connectivity index (χ0) is 14.7. The fraction of sp³-hybridized carbons (Fsp3) is 0.438. The fourth-order valence-electron chi connectivity index (χ4n) is 2.35. The summed E-state index contributed by atoms with van der Waals surface area (Å²) in [5.41, 5.74) is 9.24. The molecule has 0 amide bonds. The number of nitrogens with two attached hydrogens (primary N) is 1. The van der Waals surface area contributed by atoms with Crippen LogP contribution in [-0.2, 0) is 7.05 Å². The van der Waals surface area contributed by atoms with Gasteiger partial charge in [0.1, 0.15) is 5.82 Å². The van der Waals surface area contributed by atoms with E-state index in [-0.39, 0.29) is 0 Å². The van der Waals surface area contributed by atoms with Crippen LogP contribution in [0, 0.1) is 0 Å². The molecule has 1 heterocycles. The second-order valence-corrected chi connectivity index (χ2v) is 5.62. The van der Waals surface area contributed by atoms with Crippen molar-refractivity contribution in [2.24, 2.45) is 7.05 Å². The van der Waals surface area contributed by atoms with Crippen molar-refractivity contribution in [3.8, 4) is 0 Å². The van der Waals surface area contributed by atoms with E-state index >= 15 is 0 Å². The molecule has 2 rings (SSSR count). The summed E-state index contributed by atoms with van der Waals surface area (Å²) in [6, 6.07) is 10.5. The van der Waals surface area contributed by atoms with Crippen molar-refractivity contribution in [2.45, 2.75) is 32.6 Å². The minimum Gasteiger partial charge on any atom is -0.394 e. The molecule has 1 atom stereocenters. The molecule has 0 fully saturated rings. The normalized spacial score (nSPS) is 12.7. The zero-order valence-electron chi connectivity index (χ0n) is 12.7. The summed E-state index contributed by atoms with van der Waals surface area (Å²) in [4.78, 5) is 0. The first-order chi connectivity index (χ1) is 9.50. The lowest BCUT2D eigenvalue weighted by atomic mass is 10.0. The van der Waals surface area contributed by atoms with Crippen molar-refractivity contribution in [2.75, 3.05) is 17.6 Å². The van der Waals surface area contributed by atoms with Crippen LogP contribution in [0.1, 0.15) is 43.9 Å². The highest BCUT2D eigenvalue weighted by molar-refractivity contribution is 5.65. The maximum Gasteiger partial charge on any atom is 0.147 e. The minimum atomic E-state index is 0.336. The number of nitrogen functional groups attached to an aromatic ring is 1. The molecule has 1 unspecified atom stereocenters. The summed E-state index contributed by atoms with van der Waals surface area (Å²) in [5.74, 6) is 1.67. The second kappa shape index (κ2) is 5.99. The molecule has 4 heteroatoms. The smallest absolute Gasteiger partial charge is 0.147 e. The molecule has 1 aromatic heterocycles. The first-order valence-electron chi connectivity index (χ1n) is 7.11. The minimum absolute atomic E-state index is 0.336. The largest absolute Gasteiger partial charge is 0.394 e. The summed E-state index contributed by atoms with van der Waals surface area (Å²) in [7, 11) is 1.93. The van der Waals surface area contributed by atoms with Gasteiger partial charge in [0.15, 0.2) is 0 Å². The average Bonchev–Trinajstić information content (AvgIpc) is 2.72. The Balaban J connectivity index is 2.08. The number of aryl methyl sites for hydroxylation is 1. The molecular weight excluding hydrogens is 248 g/mol. The van der Waals surface area contributed by atoms with E-state index in [1.165, 1.54) is 5.56 Å². The first-order valence-corrected chi connectivity index (χ1v) is 7.11. The molecule has 108 valence electrons. The Morgan fingerprint density at radius 3 is 2.40 bits per heavy atom. The molecule has 0 saturated carbocycles. The van der Waals surface area contributed by atoms with Crippen LogP contribution in [0.4, 0.5) is 11.5 Å². The Morgan fingerprint density at radius 2 is 1.85 bits per heavy atom. The topological polar surface area (TPSA) is 55.9 Å². The third-order valence-electron chi connectivity index (χ3n) is 3.60. The van der Waals surface area contributed by atoms with Crippen LogP contribution in [0.2, 0.25) is 0 Å². The monoisotopic (exact) mass is 272 g/mol. The van der Waals surface area contributed by atoms with Gasteiger partial charge in [-0.15, -0.1) is 0 Å². The Hall–Kier alpha value is -1.97. The van der Waals surface area contributed by atoms with Crippen LogP contribution < -0.4 is 11.1 Å². The fourth-order valence-corrected chi connectivity index (χ4v) is 2.35. The molecule has 20 heavy (non-hydrogen) atoms. The molecule has 2 aromatic rings. The van der Waals surface area contributed by atoms with Crippen LogP contribution in [-0.4, -0.2) is 16.3 Å². The molecule has 0 aliphatic rings. The Kier molecular flexibility index (Phi) is 4.32. The number of hydrogen-bond donors (Lipinski definition) is 2. The first kappa shape index (κ1) is 14.4. The quantitative estimate of drug-likeness (QED) is 0.877. The van der Waals surface area contributed by atoms with Gasteiger partial charge in [-0.1, -0.05) is 51.1 Å². The second-order valence-electron chi connectivity index (χ2n) is 5.62. The standard InChI is InChI=1S/C16H24N4/c1-11(2)15-14(17)16(20(4)19-15)18-10-12(3)13-8-6-5-7-9-13/h5-9,11-12,18H,10,17H2,1-4H3. The van der Waals surface area contributed by atoms with E-state index in [0.29, 0.717) is 11.8 Å². The molecular formula is C16H24N4. The van der Waals surface area contributed by atoms with Crippen LogP contribution in [0.5, 0.6) is 0 Å². The van der Waals surface area contributed by atoms with Crippen molar-refractivity contribution in [1.29, 1.82) is 0 Å². The van der Waals surface area contributed by atoms with Gasteiger partial charge < -0.3 is 11.1 Å². The number of rotatable bonds is 5. The Labute approximate surface area is 121 Å². The van der Waals surface area contributed by atoms with E-state index in [9.17, 15) is 0 Å². The van der Waals surface area contributed by atoms with Crippen LogP contribution in [0.3, 0.4) is 0 Å². The highest BCUT2D eigenvalue weighted by Gasteiger charge is 2.16. The maximum absolute atomic E-state index is 6.18. The van der Waals surface area contributed by atoms with Gasteiger partial charge in [-0.05, 0) is 17.4 Å². The van der Waals surface area contributed by atoms with Crippen molar-refractivity contribution < 1.29 is 0 Å². The van der Waals surface area contributed by atoms with Gasteiger partial charge in [-0.2, -0.15) is 5.10 Å². The van der Waals surface area contributed by atoms with E-state index in [1.54, 1.807) is 0 Å². The van der Waals surface area contributed by atoms with Crippen molar-refractivity contribution in [1.82, 2.24) is 9.78 Å². The summed E-state index contributed by atoms with van der Waals surface area (Å²) in [6.45, 7) is 7.26. The zero-order valence-corrected chi connectivity index (χ0v) is 12.7. The lowest BCUT2D eigenvalue weighted by molar-refractivity contribution is 0.709. The van der Waals surface area contributed by atoms with E-state index in [2.05, 4.69) is 55.5 Å². The number of nitrogens with one attached hydrogen (secondary N) is 1. The van der Waals surface area contributed by atoms with Gasteiger partial charge in [0, 0.05) is 13.6 Å². The van der Waals surface area contributed by atoms with Gasteiger partial charge >= 0.3 is 0 Å². The molecule has 3 N–H and O–H groups in total. The number of benzene rings is 1. The predicted molar refractivity (Wildman–Crippen MR) is 85.1 cm³/mol. The van der Waals surface area contributed by atoms with E-state index in [4.69, 9.17) is 5.73 Å². The van der Waals surface area contributed by atoms with Gasteiger partial charge in [0.05, 0.1) is 11.4 Å². The number of aromatic nitrogens is 2. The van der Waals surface area contributed by atoms with E-state index in [1.807, 2.05) is 17.8 Å². The molecule has 0 radical (unpaired) electrons. The van der Waals surface area contributed by atoms with Crippen molar-refractivity contribution >= 4 is 11.5 Å². The predicted octanol–water partition coefficient (Wildman–Crippen LogP) is 3.34. The Bertz CT molecular complexity index is 557. The van der Waals surface area contributed by atoms with E-state index < -0.39 is 0 Å². The number of hydrogen-bond acceptors (Lipinski definition) is 3. The summed E-state index contributed by atoms with van der Waals surface area (Å²) >= 11 is 0. The SMILES string of the molecule is CC(C)c1nn(C)c(NCC(C)c2ccccc2)c1N. The highest BCUT2D eigenvalue weighted by atomic mass is 15.3. The number of nitrogens with zero attached hydrogens (tertiary/aromatic N) is 2. The molecule has 0 saturated heterocycles. The van der Waals surface area contributed by atoms with Crippen molar-refractivity contribution in [3.05, 3.63) is 41.6 Å². The molecule has 0 bridgehead atoms. The van der Waals surface area contributed by atoms with Crippen LogP contribution in [0.15, 0.2) is 30.3 Å². The van der Waals surface area contributed by atoms with Gasteiger partial charge in [0.2, 0.25) is 0 Å². The summed E-state index contributed by atoms with van der Waals surface area (Å²) in [5, 5.41) is 7.92. The molecule has 0 aliphatic carbocycles. The van der Waals surface area contributed by atoms with Crippen LogP contribution in [0.25, 0.3) is 0 Å². The van der Waals surface area contributed by atoms with Crippen LogP contribution >= 0.6 is 0 Å². The molecule has 0 spiro atoms. The van der Waals surface area contributed by atoms with E-state index in [0.717, 1.165) is 23.7 Å². The molecule has 1 aromatic carbocycles. The number of anilines is 2. The van der Waals surface area contributed by atoms with Gasteiger partial charge in [-0.25, -0.2) is 0 Å². The lowest BCUT2D eigenvalue weighted by Gasteiger charge is -2.14. The van der Waals surface area contributed by atoms with Crippen molar-refractivity contribution in [3.63, 3.8) is 0 Å². The highest BCUT2D eigenvalue weighted by Crippen LogP contribution is 2.28. The third kappa shape index (κ3) is 2.95. The lowest BCUT2D eigenvalue weighted by Crippen LogP contribution is -2.13.